The predicted molar refractivity (Wildman–Crippen MR) is 80.9 cm³/mol. The molecule has 3 heteroatoms. The summed E-state index contributed by atoms with van der Waals surface area (Å²) in [5, 5.41) is 10.2. The fourth-order valence-corrected chi connectivity index (χ4v) is 2.94. The molecule has 0 fully saturated rings. The highest BCUT2D eigenvalue weighted by atomic mass is 79.9. The largest absolute Gasteiger partial charge is 0.395 e. The summed E-state index contributed by atoms with van der Waals surface area (Å²) in [6.07, 6.45) is 0. The Balaban J connectivity index is 2.59. The first kappa shape index (κ1) is 15.7. The first-order chi connectivity index (χ1) is 8.67. The van der Waals surface area contributed by atoms with Gasteiger partial charge in [-0.25, -0.2) is 0 Å². The summed E-state index contributed by atoms with van der Waals surface area (Å²) in [5.41, 5.74) is 1.31. The molecule has 0 aromatic heterocycles. The maximum absolute atomic E-state index is 9.19. The third-order valence-corrected chi connectivity index (χ3v) is 4.13. The Morgan fingerprint density at radius 3 is 2.39 bits per heavy atom. The van der Waals surface area contributed by atoms with E-state index in [9.17, 15) is 5.11 Å². The second kappa shape index (κ2) is 8.68. The van der Waals surface area contributed by atoms with Crippen LogP contribution in [-0.2, 0) is 6.54 Å². The van der Waals surface area contributed by atoms with Gasteiger partial charge in [0.1, 0.15) is 0 Å². The first-order valence-electron chi connectivity index (χ1n) is 6.60. The Bertz CT molecular complexity index is 316. The molecule has 0 aliphatic heterocycles. The Morgan fingerprint density at radius 1 is 1.22 bits per heavy atom. The maximum Gasteiger partial charge on any atom is 0.0558 e. The van der Waals surface area contributed by atoms with E-state index in [2.05, 4.69) is 58.9 Å². The molecule has 0 spiro atoms. The Hall–Kier alpha value is -0.380. The Morgan fingerprint density at radius 2 is 1.89 bits per heavy atom. The van der Waals surface area contributed by atoms with Crippen LogP contribution in [-0.4, -0.2) is 35.0 Å². The van der Waals surface area contributed by atoms with Crippen molar-refractivity contribution in [2.45, 2.75) is 20.4 Å². The van der Waals surface area contributed by atoms with Crippen LogP contribution in [0.1, 0.15) is 19.4 Å². The number of aliphatic hydroxyl groups excluding tert-OH is 1. The van der Waals surface area contributed by atoms with Crippen molar-refractivity contribution in [3.63, 3.8) is 0 Å². The van der Waals surface area contributed by atoms with E-state index >= 15 is 0 Å². The number of halogens is 1. The van der Waals surface area contributed by atoms with Gasteiger partial charge in [0.2, 0.25) is 0 Å². The molecule has 0 radical (unpaired) electrons. The van der Waals surface area contributed by atoms with Gasteiger partial charge in [-0.3, -0.25) is 4.90 Å². The molecule has 102 valence electrons. The first-order valence-corrected chi connectivity index (χ1v) is 7.72. The van der Waals surface area contributed by atoms with Gasteiger partial charge in [-0.1, -0.05) is 60.1 Å². The second-order valence-electron chi connectivity index (χ2n) is 5.10. The van der Waals surface area contributed by atoms with Gasteiger partial charge in [-0.2, -0.15) is 0 Å². The molecule has 0 saturated heterocycles. The van der Waals surface area contributed by atoms with Gasteiger partial charge in [0.05, 0.1) is 6.61 Å². The minimum Gasteiger partial charge on any atom is -0.395 e. The van der Waals surface area contributed by atoms with Crippen LogP contribution in [0.2, 0.25) is 0 Å². The summed E-state index contributed by atoms with van der Waals surface area (Å²) in [6, 6.07) is 10.5. The number of alkyl halides is 1. The summed E-state index contributed by atoms with van der Waals surface area (Å²) in [5.74, 6) is 1.28. The van der Waals surface area contributed by atoms with Gasteiger partial charge >= 0.3 is 0 Å². The molecule has 1 rings (SSSR count). The number of rotatable bonds is 8. The fraction of sp³-hybridized carbons (Fsp3) is 0.600. The monoisotopic (exact) mass is 313 g/mol. The second-order valence-corrected chi connectivity index (χ2v) is 5.75. The lowest BCUT2D eigenvalue weighted by Crippen LogP contribution is -2.34. The van der Waals surface area contributed by atoms with Gasteiger partial charge in [0, 0.05) is 25.0 Å². The number of aliphatic hydroxyl groups is 1. The molecule has 1 atom stereocenters. The van der Waals surface area contributed by atoms with Crippen LogP contribution in [0.4, 0.5) is 0 Å². The van der Waals surface area contributed by atoms with Crippen LogP contribution < -0.4 is 0 Å². The average Bonchev–Trinajstić information content (AvgIpc) is 2.36. The van der Waals surface area contributed by atoms with E-state index in [1.54, 1.807) is 0 Å². The van der Waals surface area contributed by atoms with E-state index in [4.69, 9.17) is 0 Å². The molecule has 0 bridgehead atoms. The topological polar surface area (TPSA) is 23.5 Å². The molecule has 0 amide bonds. The van der Waals surface area contributed by atoms with Crippen LogP contribution in [0, 0.1) is 11.8 Å². The zero-order valence-electron chi connectivity index (χ0n) is 11.3. The molecule has 1 aromatic rings. The lowest BCUT2D eigenvalue weighted by atomic mass is 9.97. The molecule has 1 unspecified atom stereocenters. The molecule has 2 nitrogen and oxygen atoms in total. The summed E-state index contributed by atoms with van der Waals surface area (Å²) >= 11 is 3.59. The van der Waals surface area contributed by atoms with Crippen molar-refractivity contribution in [2.24, 2.45) is 11.8 Å². The molecule has 0 aliphatic carbocycles. The standard InChI is InChI=1S/C15H24BrNO/c1-13(2)15(10-16)12-17(8-9-18)11-14-6-4-3-5-7-14/h3-7,13,15,18H,8-12H2,1-2H3. The maximum atomic E-state index is 9.19. The van der Waals surface area contributed by atoms with Crippen molar-refractivity contribution in [3.05, 3.63) is 35.9 Å². The van der Waals surface area contributed by atoms with Crippen molar-refractivity contribution < 1.29 is 5.11 Å². The van der Waals surface area contributed by atoms with Crippen LogP contribution in [0.15, 0.2) is 30.3 Å². The van der Waals surface area contributed by atoms with Gasteiger partial charge in [-0.05, 0) is 17.4 Å². The zero-order valence-corrected chi connectivity index (χ0v) is 12.9. The van der Waals surface area contributed by atoms with Crippen molar-refractivity contribution >= 4 is 15.9 Å². The van der Waals surface area contributed by atoms with E-state index in [1.165, 1.54) is 5.56 Å². The van der Waals surface area contributed by atoms with Crippen molar-refractivity contribution in [2.75, 3.05) is 25.0 Å². The van der Waals surface area contributed by atoms with Crippen molar-refractivity contribution in [1.82, 2.24) is 4.90 Å². The molecular weight excluding hydrogens is 290 g/mol. The quantitative estimate of drug-likeness (QED) is 0.745. The average molecular weight is 314 g/mol. The van der Waals surface area contributed by atoms with E-state index in [0.717, 1.165) is 25.0 Å². The number of hydrogen-bond acceptors (Lipinski definition) is 2. The van der Waals surface area contributed by atoms with E-state index < -0.39 is 0 Å². The minimum absolute atomic E-state index is 0.222. The highest BCUT2D eigenvalue weighted by Gasteiger charge is 2.16. The molecule has 0 aliphatic rings. The summed E-state index contributed by atoms with van der Waals surface area (Å²) in [7, 11) is 0. The Kier molecular flexibility index (Phi) is 7.56. The van der Waals surface area contributed by atoms with Gasteiger partial charge in [0.25, 0.3) is 0 Å². The number of nitrogens with zero attached hydrogens (tertiary/aromatic N) is 1. The van der Waals surface area contributed by atoms with Crippen LogP contribution in [0.25, 0.3) is 0 Å². The summed E-state index contributed by atoms with van der Waals surface area (Å²) in [6.45, 7) is 7.41. The third kappa shape index (κ3) is 5.51. The third-order valence-electron chi connectivity index (χ3n) is 3.30. The van der Waals surface area contributed by atoms with Gasteiger partial charge in [-0.15, -0.1) is 0 Å². The molecule has 18 heavy (non-hydrogen) atoms. The normalized spacial score (nSPS) is 13.2. The van der Waals surface area contributed by atoms with Gasteiger partial charge in [0.15, 0.2) is 0 Å². The van der Waals surface area contributed by atoms with E-state index in [-0.39, 0.29) is 6.61 Å². The lowest BCUT2D eigenvalue weighted by molar-refractivity contribution is 0.161. The zero-order chi connectivity index (χ0) is 13.4. The molecular formula is C15H24BrNO. The highest BCUT2D eigenvalue weighted by molar-refractivity contribution is 9.09. The SMILES string of the molecule is CC(C)C(CBr)CN(CCO)Cc1ccccc1. The van der Waals surface area contributed by atoms with Crippen LogP contribution in [0.3, 0.4) is 0 Å². The molecule has 1 N–H and O–H groups in total. The summed E-state index contributed by atoms with van der Waals surface area (Å²) < 4.78 is 0. The minimum atomic E-state index is 0.222. The van der Waals surface area contributed by atoms with Crippen molar-refractivity contribution in [1.29, 1.82) is 0 Å². The molecule has 0 saturated carbocycles. The molecule has 0 heterocycles. The van der Waals surface area contributed by atoms with Crippen LogP contribution in [0.5, 0.6) is 0 Å². The fourth-order valence-electron chi connectivity index (χ4n) is 1.99. The highest BCUT2D eigenvalue weighted by Crippen LogP contribution is 2.16. The summed E-state index contributed by atoms with van der Waals surface area (Å²) in [4.78, 5) is 2.33. The lowest BCUT2D eigenvalue weighted by Gasteiger charge is -2.28. The smallest absolute Gasteiger partial charge is 0.0558 e. The predicted octanol–water partition coefficient (Wildman–Crippen LogP) is 3.15. The number of benzene rings is 1. The number of hydrogen-bond donors (Lipinski definition) is 1. The van der Waals surface area contributed by atoms with Gasteiger partial charge < -0.3 is 5.11 Å². The molecule has 1 aromatic carbocycles. The van der Waals surface area contributed by atoms with E-state index in [0.29, 0.717) is 11.8 Å². The van der Waals surface area contributed by atoms with Crippen molar-refractivity contribution in [3.8, 4) is 0 Å². The van der Waals surface area contributed by atoms with E-state index in [1.807, 2.05) is 6.07 Å². The Labute approximate surface area is 119 Å². The van der Waals surface area contributed by atoms with Crippen LogP contribution >= 0.6 is 15.9 Å².